The van der Waals surface area contributed by atoms with Crippen molar-refractivity contribution >= 4 is 5.91 Å². The fourth-order valence-electron chi connectivity index (χ4n) is 2.49. The van der Waals surface area contributed by atoms with Crippen molar-refractivity contribution in [3.63, 3.8) is 0 Å². The minimum atomic E-state index is -0.0406. The Hall–Kier alpha value is -0.610. The van der Waals surface area contributed by atoms with Gasteiger partial charge in [0.05, 0.1) is 6.04 Å². The molecule has 1 aliphatic heterocycles. The predicted molar refractivity (Wildman–Crippen MR) is 75.6 cm³/mol. The second-order valence-electron chi connectivity index (χ2n) is 5.57. The van der Waals surface area contributed by atoms with Gasteiger partial charge in [0.1, 0.15) is 0 Å². The first kappa shape index (κ1) is 15.4. The van der Waals surface area contributed by atoms with E-state index in [1.54, 1.807) is 0 Å². The Morgan fingerprint density at radius 1 is 1.39 bits per heavy atom. The van der Waals surface area contributed by atoms with Gasteiger partial charge in [-0.05, 0) is 46.7 Å². The smallest absolute Gasteiger partial charge is 0.237 e. The Kier molecular flexibility index (Phi) is 6.65. The molecular formula is C14H29N3O. The van der Waals surface area contributed by atoms with Crippen LogP contribution in [0.3, 0.4) is 0 Å². The van der Waals surface area contributed by atoms with Crippen molar-refractivity contribution in [3.05, 3.63) is 0 Å². The zero-order valence-electron chi connectivity index (χ0n) is 12.3. The van der Waals surface area contributed by atoms with Crippen molar-refractivity contribution in [2.75, 3.05) is 19.6 Å². The zero-order chi connectivity index (χ0) is 13.5. The number of hydrogen-bond acceptors (Lipinski definition) is 3. The summed E-state index contributed by atoms with van der Waals surface area (Å²) in [6, 6.07) is 0.723. The van der Waals surface area contributed by atoms with Gasteiger partial charge in [-0.25, -0.2) is 0 Å². The summed E-state index contributed by atoms with van der Waals surface area (Å²) in [7, 11) is 0. The quantitative estimate of drug-likeness (QED) is 0.753. The number of piperidine rings is 1. The number of carbonyl (C=O) groups excluding carboxylic acids is 1. The third kappa shape index (κ3) is 4.94. The molecule has 1 heterocycles. The highest BCUT2D eigenvalue weighted by Crippen LogP contribution is 2.10. The van der Waals surface area contributed by atoms with Crippen LogP contribution in [0.5, 0.6) is 0 Å². The molecule has 1 aliphatic rings. The van der Waals surface area contributed by atoms with Gasteiger partial charge in [0.15, 0.2) is 0 Å². The fraction of sp³-hybridized carbons (Fsp3) is 0.929. The van der Waals surface area contributed by atoms with E-state index in [4.69, 9.17) is 0 Å². The van der Waals surface area contributed by atoms with Gasteiger partial charge in [0, 0.05) is 18.6 Å². The van der Waals surface area contributed by atoms with E-state index in [9.17, 15) is 4.79 Å². The minimum absolute atomic E-state index is 0.0406. The van der Waals surface area contributed by atoms with Crippen LogP contribution in [0.25, 0.3) is 0 Å². The minimum Gasteiger partial charge on any atom is -0.353 e. The number of rotatable bonds is 6. The molecule has 0 aromatic rings. The van der Waals surface area contributed by atoms with Crippen molar-refractivity contribution in [2.45, 2.75) is 65.1 Å². The predicted octanol–water partition coefficient (Wildman–Crippen LogP) is 1.36. The van der Waals surface area contributed by atoms with Crippen molar-refractivity contribution in [2.24, 2.45) is 0 Å². The van der Waals surface area contributed by atoms with E-state index < -0.39 is 0 Å². The summed E-state index contributed by atoms with van der Waals surface area (Å²) in [6.07, 6.45) is 3.82. The molecule has 0 aromatic carbocycles. The first-order valence-electron chi connectivity index (χ1n) is 7.32. The normalized spacial score (nSPS) is 22.2. The first-order valence-corrected chi connectivity index (χ1v) is 7.32. The Bertz CT molecular complexity index is 249. The third-order valence-corrected chi connectivity index (χ3v) is 3.63. The molecule has 2 unspecified atom stereocenters. The molecule has 2 atom stereocenters. The molecule has 0 aromatic heterocycles. The van der Waals surface area contributed by atoms with E-state index >= 15 is 0 Å². The number of amides is 1. The third-order valence-electron chi connectivity index (χ3n) is 3.63. The number of carbonyl (C=O) groups is 1. The molecule has 1 fully saturated rings. The van der Waals surface area contributed by atoms with Crippen LogP contribution in [0.1, 0.15) is 47.0 Å². The molecule has 1 amide bonds. The Balaban J connectivity index is 2.45. The molecular weight excluding hydrogens is 226 g/mol. The average Bonchev–Trinajstić information content (AvgIpc) is 2.35. The first-order chi connectivity index (χ1) is 8.54. The lowest BCUT2D eigenvalue weighted by atomic mass is 10.0. The highest BCUT2D eigenvalue weighted by atomic mass is 16.2. The molecule has 18 heavy (non-hydrogen) atoms. The van der Waals surface area contributed by atoms with Gasteiger partial charge in [-0.3, -0.25) is 9.69 Å². The summed E-state index contributed by atoms with van der Waals surface area (Å²) >= 11 is 0. The Morgan fingerprint density at radius 2 is 2.11 bits per heavy atom. The topological polar surface area (TPSA) is 44.4 Å². The van der Waals surface area contributed by atoms with Crippen LogP contribution in [0.15, 0.2) is 0 Å². The SMILES string of the molecule is CCN(CC1CCCCN1)C(C)C(=O)NC(C)C. The molecule has 4 heteroatoms. The van der Waals surface area contributed by atoms with E-state index in [0.29, 0.717) is 6.04 Å². The highest BCUT2D eigenvalue weighted by molar-refractivity contribution is 5.81. The summed E-state index contributed by atoms with van der Waals surface area (Å²) in [6.45, 7) is 11.2. The number of hydrogen-bond donors (Lipinski definition) is 2. The monoisotopic (exact) mass is 255 g/mol. The Labute approximate surface area is 111 Å². The van der Waals surface area contributed by atoms with Gasteiger partial charge in [0.25, 0.3) is 0 Å². The van der Waals surface area contributed by atoms with Gasteiger partial charge in [-0.1, -0.05) is 13.3 Å². The second kappa shape index (κ2) is 7.74. The zero-order valence-corrected chi connectivity index (χ0v) is 12.3. The van der Waals surface area contributed by atoms with E-state index in [2.05, 4.69) is 22.5 Å². The maximum atomic E-state index is 12.0. The highest BCUT2D eigenvalue weighted by Gasteiger charge is 2.23. The average molecular weight is 255 g/mol. The lowest BCUT2D eigenvalue weighted by Gasteiger charge is -2.33. The van der Waals surface area contributed by atoms with E-state index in [0.717, 1.165) is 19.6 Å². The number of nitrogens with zero attached hydrogens (tertiary/aromatic N) is 1. The van der Waals surface area contributed by atoms with Gasteiger partial charge >= 0.3 is 0 Å². The van der Waals surface area contributed by atoms with Crippen LogP contribution < -0.4 is 10.6 Å². The standard InChI is InChI=1S/C14H29N3O/c1-5-17(10-13-8-6-7-9-15-13)12(4)14(18)16-11(2)3/h11-13,15H,5-10H2,1-4H3,(H,16,18). The van der Waals surface area contributed by atoms with Gasteiger partial charge in [-0.2, -0.15) is 0 Å². The van der Waals surface area contributed by atoms with Crippen LogP contribution in [0.4, 0.5) is 0 Å². The molecule has 0 aliphatic carbocycles. The lowest BCUT2D eigenvalue weighted by molar-refractivity contribution is -0.126. The van der Waals surface area contributed by atoms with Crippen molar-refractivity contribution < 1.29 is 4.79 Å². The van der Waals surface area contributed by atoms with Gasteiger partial charge < -0.3 is 10.6 Å². The van der Waals surface area contributed by atoms with E-state index in [-0.39, 0.29) is 18.0 Å². The molecule has 2 N–H and O–H groups in total. The summed E-state index contributed by atoms with van der Waals surface area (Å²) in [5.74, 6) is 0.141. The van der Waals surface area contributed by atoms with Crippen molar-refractivity contribution in [1.82, 2.24) is 15.5 Å². The van der Waals surface area contributed by atoms with Crippen LogP contribution in [0.2, 0.25) is 0 Å². The summed E-state index contributed by atoms with van der Waals surface area (Å²) in [5, 5.41) is 6.54. The van der Waals surface area contributed by atoms with Crippen LogP contribution in [0, 0.1) is 0 Å². The summed E-state index contributed by atoms with van der Waals surface area (Å²) in [4.78, 5) is 14.3. The molecule has 106 valence electrons. The second-order valence-corrected chi connectivity index (χ2v) is 5.57. The molecule has 0 spiro atoms. The largest absolute Gasteiger partial charge is 0.353 e. The van der Waals surface area contributed by atoms with Crippen LogP contribution in [-0.2, 0) is 4.79 Å². The number of likely N-dealkylation sites (N-methyl/N-ethyl adjacent to an activating group) is 1. The van der Waals surface area contributed by atoms with E-state index in [1.807, 2.05) is 20.8 Å². The van der Waals surface area contributed by atoms with Crippen molar-refractivity contribution in [1.29, 1.82) is 0 Å². The molecule has 4 nitrogen and oxygen atoms in total. The molecule has 0 bridgehead atoms. The summed E-state index contributed by atoms with van der Waals surface area (Å²) < 4.78 is 0. The molecule has 1 saturated heterocycles. The van der Waals surface area contributed by atoms with Crippen LogP contribution in [-0.4, -0.2) is 48.6 Å². The van der Waals surface area contributed by atoms with Gasteiger partial charge in [-0.15, -0.1) is 0 Å². The summed E-state index contributed by atoms with van der Waals surface area (Å²) in [5.41, 5.74) is 0. The van der Waals surface area contributed by atoms with E-state index in [1.165, 1.54) is 19.3 Å². The maximum absolute atomic E-state index is 12.0. The Morgan fingerprint density at radius 3 is 2.61 bits per heavy atom. The lowest BCUT2D eigenvalue weighted by Crippen LogP contribution is -2.52. The molecule has 0 radical (unpaired) electrons. The molecule has 0 saturated carbocycles. The van der Waals surface area contributed by atoms with Crippen LogP contribution >= 0.6 is 0 Å². The fourth-order valence-corrected chi connectivity index (χ4v) is 2.49. The maximum Gasteiger partial charge on any atom is 0.237 e. The van der Waals surface area contributed by atoms with Crippen molar-refractivity contribution in [3.8, 4) is 0 Å². The number of nitrogens with one attached hydrogen (secondary N) is 2. The van der Waals surface area contributed by atoms with Gasteiger partial charge in [0.2, 0.25) is 5.91 Å². The molecule has 1 rings (SSSR count).